The number of benzene rings is 1. The molecule has 0 amide bonds. The number of H-pyrrole nitrogens is 1. The van der Waals surface area contributed by atoms with Gasteiger partial charge in [0.1, 0.15) is 0 Å². The zero-order valence-corrected chi connectivity index (χ0v) is 13.2. The van der Waals surface area contributed by atoms with Gasteiger partial charge in [-0.15, -0.1) is 0 Å². The average Bonchev–Trinajstić information content (AvgIpc) is 2.95. The molecule has 0 fully saturated rings. The minimum Gasteiger partial charge on any atom is -0.341 e. The summed E-state index contributed by atoms with van der Waals surface area (Å²) in [7, 11) is 0. The lowest BCUT2D eigenvalue weighted by Crippen LogP contribution is -2.18. The van der Waals surface area contributed by atoms with Crippen LogP contribution < -0.4 is 5.32 Å². The van der Waals surface area contributed by atoms with Gasteiger partial charge in [0, 0.05) is 21.9 Å². The first kappa shape index (κ1) is 13.9. The van der Waals surface area contributed by atoms with Crippen molar-refractivity contribution in [3.8, 4) is 6.07 Å². The van der Waals surface area contributed by atoms with Gasteiger partial charge in [-0.25, -0.2) is 0 Å². The molecular formula is C16H15BrN4. The molecular weight excluding hydrogens is 328 g/mol. The van der Waals surface area contributed by atoms with Crippen molar-refractivity contribution in [2.45, 2.75) is 25.7 Å². The smallest absolute Gasteiger partial charge is 0.156 e. The summed E-state index contributed by atoms with van der Waals surface area (Å²) in [5.41, 5.74) is 3.85. The van der Waals surface area contributed by atoms with Crippen LogP contribution in [0, 0.1) is 11.3 Å². The van der Waals surface area contributed by atoms with E-state index in [1.807, 2.05) is 24.4 Å². The molecule has 2 N–H and O–H groups in total. The molecule has 2 heterocycles. The lowest BCUT2D eigenvalue weighted by molar-refractivity contribution is 0.847. The monoisotopic (exact) mass is 342 g/mol. The van der Waals surface area contributed by atoms with Gasteiger partial charge in [-0.1, -0.05) is 47.5 Å². The molecule has 1 aliphatic heterocycles. The molecule has 3 rings (SSSR count). The van der Waals surface area contributed by atoms with Crippen molar-refractivity contribution in [1.82, 2.24) is 10.2 Å². The van der Waals surface area contributed by atoms with Crippen molar-refractivity contribution in [3.63, 3.8) is 0 Å². The van der Waals surface area contributed by atoms with Crippen molar-refractivity contribution in [2.75, 3.05) is 5.32 Å². The van der Waals surface area contributed by atoms with Gasteiger partial charge in [0.2, 0.25) is 0 Å². The lowest BCUT2D eigenvalue weighted by atomic mass is 9.82. The zero-order valence-electron chi connectivity index (χ0n) is 11.7. The fourth-order valence-corrected chi connectivity index (χ4v) is 3.28. The number of rotatable bonds is 3. The first-order valence-corrected chi connectivity index (χ1v) is 7.73. The van der Waals surface area contributed by atoms with Crippen molar-refractivity contribution in [1.29, 1.82) is 5.26 Å². The van der Waals surface area contributed by atoms with E-state index < -0.39 is 0 Å². The van der Waals surface area contributed by atoms with Gasteiger partial charge < -0.3 is 5.32 Å². The second-order valence-electron chi connectivity index (χ2n) is 5.02. The summed E-state index contributed by atoms with van der Waals surface area (Å²) in [4.78, 5) is 0. The highest BCUT2D eigenvalue weighted by Gasteiger charge is 2.31. The number of allylic oxidation sites excluding steroid dienone is 2. The summed E-state index contributed by atoms with van der Waals surface area (Å²) < 4.78 is 1.01. The fourth-order valence-electron chi connectivity index (χ4n) is 2.77. The standard InChI is InChI=1S/C16H15BrN4/c1-2-5-14-11(8-18)15(10-6-3-4-7-13(10)17)12-9-19-21-16(12)20-14/h3-4,6-7,9,15H,2,5H2,1H3,(H2,19,20,21). The maximum absolute atomic E-state index is 9.68. The molecule has 5 heteroatoms. The predicted molar refractivity (Wildman–Crippen MR) is 85.7 cm³/mol. The highest BCUT2D eigenvalue weighted by Crippen LogP contribution is 2.43. The van der Waals surface area contributed by atoms with Crippen molar-refractivity contribution in [2.24, 2.45) is 0 Å². The van der Waals surface area contributed by atoms with E-state index in [2.05, 4.69) is 50.5 Å². The van der Waals surface area contributed by atoms with E-state index in [1.54, 1.807) is 0 Å². The topological polar surface area (TPSA) is 64.5 Å². The number of hydrogen-bond donors (Lipinski definition) is 2. The summed E-state index contributed by atoms with van der Waals surface area (Å²) in [5, 5.41) is 20.1. The summed E-state index contributed by atoms with van der Waals surface area (Å²) in [6.45, 7) is 2.11. The molecule has 0 spiro atoms. The number of nitrogens with zero attached hydrogens (tertiary/aromatic N) is 2. The van der Waals surface area contributed by atoms with E-state index in [0.717, 1.165) is 45.5 Å². The van der Waals surface area contributed by atoms with Crippen LogP contribution in [-0.2, 0) is 0 Å². The molecule has 2 aromatic rings. The third-order valence-corrected chi connectivity index (χ3v) is 4.42. The Morgan fingerprint density at radius 2 is 2.14 bits per heavy atom. The Hall–Kier alpha value is -2.06. The van der Waals surface area contributed by atoms with Crippen LogP contribution in [0.3, 0.4) is 0 Å². The van der Waals surface area contributed by atoms with Crippen LogP contribution in [0.25, 0.3) is 0 Å². The van der Waals surface area contributed by atoms with Crippen LogP contribution in [0.4, 0.5) is 5.82 Å². The Morgan fingerprint density at radius 1 is 1.33 bits per heavy atom. The number of nitrogens with one attached hydrogen (secondary N) is 2. The highest BCUT2D eigenvalue weighted by molar-refractivity contribution is 9.10. The third-order valence-electron chi connectivity index (χ3n) is 3.70. The number of fused-ring (bicyclic) bond motifs is 1. The Morgan fingerprint density at radius 3 is 2.86 bits per heavy atom. The van der Waals surface area contributed by atoms with Crippen LogP contribution in [0.1, 0.15) is 36.8 Å². The molecule has 1 atom stereocenters. The van der Waals surface area contributed by atoms with E-state index in [-0.39, 0.29) is 5.92 Å². The molecule has 106 valence electrons. The van der Waals surface area contributed by atoms with Gasteiger partial charge in [-0.2, -0.15) is 10.4 Å². The zero-order chi connectivity index (χ0) is 14.8. The van der Waals surface area contributed by atoms with Crippen molar-refractivity contribution >= 4 is 21.7 Å². The van der Waals surface area contributed by atoms with E-state index in [0.29, 0.717) is 0 Å². The number of aromatic nitrogens is 2. The van der Waals surface area contributed by atoms with Gasteiger partial charge in [-0.05, 0) is 18.1 Å². The number of hydrogen-bond acceptors (Lipinski definition) is 3. The second kappa shape index (κ2) is 5.74. The Labute approximate surface area is 132 Å². The maximum Gasteiger partial charge on any atom is 0.156 e. The summed E-state index contributed by atoms with van der Waals surface area (Å²) >= 11 is 3.60. The first-order valence-electron chi connectivity index (χ1n) is 6.94. The van der Waals surface area contributed by atoms with Crippen LogP contribution in [0.5, 0.6) is 0 Å². The molecule has 1 unspecified atom stereocenters. The molecule has 0 saturated carbocycles. The Kier molecular flexibility index (Phi) is 3.80. The summed E-state index contributed by atoms with van der Waals surface area (Å²) in [6.07, 6.45) is 3.69. The lowest BCUT2D eigenvalue weighted by Gasteiger charge is -2.26. The van der Waals surface area contributed by atoms with Gasteiger partial charge in [-0.3, -0.25) is 5.10 Å². The fraction of sp³-hybridized carbons (Fsp3) is 0.250. The van der Waals surface area contributed by atoms with E-state index in [1.165, 1.54) is 0 Å². The molecule has 4 nitrogen and oxygen atoms in total. The highest BCUT2D eigenvalue weighted by atomic mass is 79.9. The maximum atomic E-state index is 9.68. The molecule has 21 heavy (non-hydrogen) atoms. The number of nitriles is 1. The Bertz CT molecular complexity index is 739. The molecule has 0 aliphatic carbocycles. The second-order valence-corrected chi connectivity index (χ2v) is 5.88. The van der Waals surface area contributed by atoms with Crippen molar-refractivity contribution in [3.05, 3.63) is 57.3 Å². The molecule has 1 aliphatic rings. The molecule has 1 aromatic heterocycles. The van der Waals surface area contributed by atoms with Crippen LogP contribution >= 0.6 is 15.9 Å². The molecule has 0 saturated heterocycles. The summed E-state index contributed by atoms with van der Waals surface area (Å²) in [6, 6.07) is 10.4. The van der Waals surface area contributed by atoms with E-state index in [9.17, 15) is 5.26 Å². The average molecular weight is 343 g/mol. The number of halogens is 1. The normalized spacial score (nSPS) is 17.1. The van der Waals surface area contributed by atoms with Gasteiger partial charge in [0.15, 0.2) is 5.82 Å². The molecule has 1 aromatic carbocycles. The summed E-state index contributed by atoms with van der Waals surface area (Å²) in [5.74, 6) is 0.736. The van der Waals surface area contributed by atoms with Crippen LogP contribution in [0.2, 0.25) is 0 Å². The van der Waals surface area contributed by atoms with Gasteiger partial charge in [0.05, 0.1) is 17.6 Å². The molecule has 0 radical (unpaired) electrons. The van der Waals surface area contributed by atoms with E-state index in [4.69, 9.17) is 0 Å². The van der Waals surface area contributed by atoms with Crippen LogP contribution in [-0.4, -0.2) is 10.2 Å². The third kappa shape index (κ3) is 2.36. The number of aromatic amines is 1. The SMILES string of the molecule is CCCC1=C(C#N)C(c2ccccc2Br)c2c[nH]nc2N1. The van der Waals surface area contributed by atoms with Gasteiger partial charge in [0.25, 0.3) is 0 Å². The number of anilines is 1. The molecule has 0 bridgehead atoms. The van der Waals surface area contributed by atoms with E-state index >= 15 is 0 Å². The van der Waals surface area contributed by atoms with Crippen molar-refractivity contribution < 1.29 is 0 Å². The minimum absolute atomic E-state index is 0.0814. The largest absolute Gasteiger partial charge is 0.341 e. The Balaban J connectivity index is 2.20. The van der Waals surface area contributed by atoms with Crippen LogP contribution in [0.15, 0.2) is 46.2 Å². The minimum atomic E-state index is -0.0814. The van der Waals surface area contributed by atoms with Gasteiger partial charge >= 0.3 is 0 Å². The first-order chi connectivity index (χ1) is 10.3. The quantitative estimate of drug-likeness (QED) is 0.873. The predicted octanol–water partition coefficient (Wildman–Crippen LogP) is 4.31.